The molecule has 3 unspecified atom stereocenters. The zero-order valence-electron chi connectivity index (χ0n) is 18.3. The molecule has 33 heavy (non-hydrogen) atoms. The van der Waals surface area contributed by atoms with Crippen LogP contribution in [0, 0.1) is 17.2 Å². The molecule has 0 spiro atoms. The van der Waals surface area contributed by atoms with E-state index in [9.17, 15) is 23.6 Å². The molecule has 0 radical (unpaired) electrons. The van der Waals surface area contributed by atoms with E-state index in [-0.39, 0.29) is 36.2 Å². The first-order valence-corrected chi connectivity index (χ1v) is 12.4. The highest BCUT2D eigenvalue weighted by Gasteiger charge is 2.34. The van der Waals surface area contributed by atoms with Gasteiger partial charge >= 0.3 is 0 Å². The van der Waals surface area contributed by atoms with Gasteiger partial charge in [-0.05, 0) is 49.1 Å². The van der Waals surface area contributed by atoms with Crippen LogP contribution in [0.15, 0.2) is 53.7 Å². The smallest absolute Gasteiger partial charge is 0.241 e. The third kappa shape index (κ3) is 4.80. The number of aromatic amines is 1. The highest BCUT2D eigenvalue weighted by atomic mass is 32.2. The van der Waals surface area contributed by atoms with E-state index in [1.54, 1.807) is 47.3 Å². The number of benzene rings is 1. The van der Waals surface area contributed by atoms with E-state index in [0.29, 0.717) is 29.6 Å². The van der Waals surface area contributed by atoms with Gasteiger partial charge in [-0.3, -0.25) is 4.79 Å². The Labute approximate surface area is 192 Å². The number of aromatic nitrogens is 2. The second-order valence-corrected chi connectivity index (χ2v) is 10.2. The Morgan fingerprint density at radius 1 is 1.33 bits per heavy atom. The van der Waals surface area contributed by atoms with Gasteiger partial charge in [-0.25, -0.2) is 8.42 Å². The van der Waals surface area contributed by atoms with Gasteiger partial charge in [0.25, 0.3) is 0 Å². The van der Waals surface area contributed by atoms with Gasteiger partial charge in [0.15, 0.2) is 0 Å². The molecule has 1 fully saturated rings. The summed E-state index contributed by atoms with van der Waals surface area (Å²) in [5.41, 5.74) is 1.11. The number of aryl methyl sites for hydroxylation is 1. The molecule has 1 aromatic carbocycles. The fourth-order valence-electron chi connectivity index (χ4n) is 4.22. The largest absolute Gasteiger partial charge is 0.391 e. The van der Waals surface area contributed by atoms with Crippen molar-refractivity contribution >= 4 is 26.8 Å². The maximum Gasteiger partial charge on any atom is 0.241 e. The van der Waals surface area contributed by atoms with Crippen LogP contribution in [0.4, 0.5) is 0 Å². The van der Waals surface area contributed by atoms with Crippen LogP contribution in [-0.4, -0.2) is 59.1 Å². The monoisotopic (exact) mass is 469 g/mol. The van der Waals surface area contributed by atoms with E-state index in [4.69, 9.17) is 0 Å². The molecule has 3 N–H and O–H groups in total. The fourth-order valence-corrected chi connectivity index (χ4v) is 5.67. The molecule has 1 aliphatic rings. The highest BCUT2D eigenvalue weighted by molar-refractivity contribution is 7.89. The van der Waals surface area contributed by atoms with Crippen LogP contribution in [0.25, 0.3) is 10.9 Å². The van der Waals surface area contributed by atoms with Crippen LogP contribution in [0.1, 0.15) is 25.5 Å². The predicted molar refractivity (Wildman–Crippen MR) is 123 cm³/mol. The summed E-state index contributed by atoms with van der Waals surface area (Å²) in [6.45, 7) is 2.84. The number of hydrogen-bond donors (Lipinski definition) is 3. The van der Waals surface area contributed by atoms with Crippen LogP contribution in [0.3, 0.4) is 0 Å². The third-order valence-electron chi connectivity index (χ3n) is 6.27. The molecule has 4 rings (SSSR count). The normalized spacial score (nSPS) is 20.0. The molecule has 3 atom stereocenters. The first kappa shape index (κ1) is 23.0. The minimum absolute atomic E-state index is 0.0773. The molecule has 1 saturated heterocycles. The zero-order valence-corrected chi connectivity index (χ0v) is 19.1. The fraction of sp³-hybridized carbons (Fsp3) is 0.391. The van der Waals surface area contributed by atoms with Gasteiger partial charge in [-0.2, -0.15) is 9.98 Å². The minimum Gasteiger partial charge on any atom is -0.391 e. The Hall–Kier alpha value is -3.13. The van der Waals surface area contributed by atoms with Crippen LogP contribution < -0.4 is 4.72 Å². The lowest BCUT2D eigenvalue weighted by molar-refractivity contribution is -0.137. The van der Waals surface area contributed by atoms with E-state index in [0.717, 1.165) is 0 Å². The molecule has 3 aromatic rings. The summed E-state index contributed by atoms with van der Waals surface area (Å²) in [6.07, 6.45) is 3.54. The number of likely N-dealkylation sites (tertiary alicyclic amines) is 1. The van der Waals surface area contributed by atoms with Gasteiger partial charge in [0.05, 0.1) is 11.0 Å². The number of aliphatic hydroxyl groups excluding tert-OH is 1. The first-order valence-electron chi connectivity index (χ1n) is 10.9. The number of sulfonamides is 1. The molecule has 10 heteroatoms. The number of amides is 1. The van der Waals surface area contributed by atoms with Gasteiger partial charge in [0.1, 0.15) is 17.8 Å². The molecular weight excluding hydrogens is 442 g/mol. The lowest BCUT2D eigenvalue weighted by atomic mass is 9.95. The van der Waals surface area contributed by atoms with E-state index >= 15 is 0 Å². The molecule has 0 aliphatic carbocycles. The summed E-state index contributed by atoms with van der Waals surface area (Å²) in [4.78, 5) is 18.0. The summed E-state index contributed by atoms with van der Waals surface area (Å²) < 4.78 is 31.0. The number of hydrogen-bond acceptors (Lipinski definition) is 5. The van der Waals surface area contributed by atoms with Crippen LogP contribution >= 0.6 is 0 Å². The number of H-pyrrole nitrogens is 1. The number of nitrogens with one attached hydrogen (secondary N) is 2. The quantitative estimate of drug-likeness (QED) is 0.486. The Morgan fingerprint density at radius 3 is 2.91 bits per heavy atom. The maximum absolute atomic E-state index is 13.4. The topological polar surface area (TPSA) is 131 Å². The molecule has 1 amide bonds. The second kappa shape index (κ2) is 9.39. The molecule has 0 saturated carbocycles. The van der Waals surface area contributed by atoms with Crippen molar-refractivity contribution in [1.82, 2.24) is 19.2 Å². The lowest BCUT2D eigenvalue weighted by Gasteiger charge is -2.36. The van der Waals surface area contributed by atoms with Crippen molar-refractivity contribution < 1.29 is 18.3 Å². The van der Waals surface area contributed by atoms with Crippen molar-refractivity contribution in [2.45, 2.75) is 43.4 Å². The van der Waals surface area contributed by atoms with Gasteiger partial charge in [0, 0.05) is 42.9 Å². The van der Waals surface area contributed by atoms with E-state index in [1.165, 1.54) is 11.0 Å². The number of piperidine rings is 1. The Bertz CT molecular complexity index is 1290. The molecular formula is C23H27N5O4S. The number of nitrogens with zero attached hydrogens (tertiary/aromatic N) is 3. The first-order chi connectivity index (χ1) is 15.8. The number of nitriles is 1. The Morgan fingerprint density at radius 2 is 2.15 bits per heavy atom. The molecule has 3 heterocycles. The highest BCUT2D eigenvalue weighted by Crippen LogP contribution is 2.23. The number of aliphatic hydroxyl groups is 1. The molecule has 2 aromatic heterocycles. The molecule has 1 aliphatic heterocycles. The number of β-amino-alcohol motifs (C(OH)–C–C–N with tert-alkyl or cyclic N) is 1. The summed E-state index contributed by atoms with van der Waals surface area (Å²) in [7, 11) is -4.02. The van der Waals surface area contributed by atoms with Crippen LogP contribution in [0.5, 0.6) is 0 Å². The molecule has 0 bridgehead atoms. The van der Waals surface area contributed by atoms with Crippen molar-refractivity contribution in [3.05, 3.63) is 54.5 Å². The number of carbonyl (C=O) groups is 1. The SMILES string of the molecule is CC1CCN(C(=O)C(CCn2cccc2C#N)NS(=O)(=O)c2cccc3[nH]ccc23)CC1O. The van der Waals surface area contributed by atoms with Crippen LogP contribution in [-0.2, 0) is 21.4 Å². The van der Waals surface area contributed by atoms with Crippen molar-refractivity contribution in [2.24, 2.45) is 5.92 Å². The van der Waals surface area contributed by atoms with Crippen molar-refractivity contribution in [3.63, 3.8) is 0 Å². The van der Waals surface area contributed by atoms with Crippen LogP contribution in [0.2, 0.25) is 0 Å². The summed E-state index contributed by atoms with van der Waals surface area (Å²) >= 11 is 0. The average molecular weight is 470 g/mol. The average Bonchev–Trinajstić information content (AvgIpc) is 3.46. The summed E-state index contributed by atoms with van der Waals surface area (Å²) in [5, 5.41) is 20.1. The number of fused-ring (bicyclic) bond motifs is 1. The maximum atomic E-state index is 13.4. The molecule has 9 nitrogen and oxygen atoms in total. The summed E-state index contributed by atoms with van der Waals surface area (Å²) in [5.74, 6) is -0.301. The van der Waals surface area contributed by atoms with Gasteiger partial charge in [-0.1, -0.05) is 13.0 Å². The van der Waals surface area contributed by atoms with Crippen molar-refractivity contribution in [1.29, 1.82) is 5.26 Å². The summed E-state index contributed by atoms with van der Waals surface area (Å²) in [6, 6.07) is 11.1. The number of rotatable bonds is 7. The van der Waals surface area contributed by atoms with E-state index in [2.05, 4.69) is 15.8 Å². The lowest BCUT2D eigenvalue weighted by Crippen LogP contribution is -2.53. The van der Waals surface area contributed by atoms with Gasteiger partial charge < -0.3 is 19.6 Å². The number of carbonyl (C=O) groups excluding carboxylic acids is 1. The predicted octanol–water partition coefficient (Wildman–Crippen LogP) is 1.81. The van der Waals surface area contributed by atoms with Gasteiger partial charge in [-0.15, -0.1) is 0 Å². The van der Waals surface area contributed by atoms with Gasteiger partial charge in [0.2, 0.25) is 15.9 Å². The standard InChI is InChI=1S/C23H27N5O4S/c1-16-8-12-28(15-21(16)29)23(30)20(9-13-27-11-3-4-17(27)14-24)26-33(31,32)22-6-2-5-19-18(22)7-10-25-19/h2-7,10-11,16,20-21,25-26,29H,8-9,12-13,15H2,1H3. The van der Waals surface area contributed by atoms with Crippen molar-refractivity contribution in [3.8, 4) is 6.07 Å². The third-order valence-corrected chi connectivity index (χ3v) is 7.80. The van der Waals surface area contributed by atoms with E-state index < -0.39 is 22.2 Å². The Balaban J connectivity index is 1.61. The van der Waals surface area contributed by atoms with E-state index in [1.807, 2.05) is 6.92 Å². The second-order valence-electron chi connectivity index (χ2n) is 8.47. The minimum atomic E-state index is -4.02. The molecule has 174 valence electrons. The van der Waals surface area contributed by atoms with Crippen molar-refractivity contribution in [2.75, 3.05) is 13.1 Å². The Kier molecular flexibility index (Phi) is 6.56. The zero-order chi connectivity index (χ0) is 23.6.